The van der Waals surface area contributed by atoms with Gasteiger partial charge < -0.3 is 39.7 Å². The van der Waals surface area contributed by atoms with E-state index in [4.69, 9.17) is 19.4 Å². The lowest BCUT2D eigenvalue weighted by Crippen LogP contribution is -2.53. The Morgan fingerprint density at radius 1 is 0.879 bits per heavy atom. The Morgan fingerprint density at radius 2 is 1.41 bits per heavy atom. The summed E-state index contributed by atoms with van der Waals surface area (Å²) in [6, 6.07) is 2.79. The van der Waals surface area contributed by atoms with E-state index in [1.165, 1.54) is 20.3 Å². The number of aryl methyl sites for hydroxylation is 2. The maximum Gasteiger partial charge on any atom is 0.407 e. The molecule has 312 valence electrons. The Kier molecular flexibility index (Phi) is 14.4. The van der Waals surface area contributed by atoms with Gasteiger partial charge in [-0.3, -0.25) is 14.9 Å². The molecule has 0 aliphatic carbocycles. The molecule has 0 radical (unpaired) electrons. The molecule has 58 heavy (non-hydrogen) atoms. The number of hydrogen-bond donors (Lipinski definition) is 5. The molecule has 2 saturated heterocycles. The van der Waals surface area contributed by atoms with Crippen LogP contribution in [0.1, 0.15) is 112 Å². The van der Waals surface area contributed by atoms with Gasteiger partial charge >= 0.3 is 6.09 Å². The second-order valence-electron chi connectivity index (χ2n) is 16.3. The van der Waals surface area contributed by atoms with E-state index in [0.29, 0.717) is 53.7 Å². The number of amides is 3. The predicted octanol–water partition coefficient (Wildman–Crippen LogP) is 4.62. The van der Waals surface area contributed by atoms with Gasteiger partial charge in [-0.05, 0) is 79.9 Å². The summed E-state index contributed by atoms with van der Waals surface area (Å²) in [6.45, 7) is 16.5. The second kappa shape index (κ2) is 19.0. The fourth-order valence-electron chi connectivity index (χ4n) is 7.57. The van der Waals surface area contributed by atoms with Crippen molar-refractivity contribution in [1.82, 2.24) is 40.4 Å². The molecule has 2 aromatic heterocycles. The largest absolute Gasteiger partial charge is 0.453 e. The number of imidazole rings is 2. The standard InChI is InChI=1S/C43H57FN8O6/c1-23(2)36(49-42(55)57-9)40(53)51-21-25(5)18-34(51)38-45-27(7)32(47-38)13-11-12-30-16-14-29(20-31(30)44)15-17-33-28(8)46-39(48-33)35-19-26(6)22-52(35)41(54)37(24(3)4)50-43(56)58-10/h14,16,20,23-26,34-37,43,50,56H,12,18-19,21-22H2,1-10H3,(H,45,47)(H,46,48)(H,49,55). The van der Waals surface area contributed by atoms with Gasteiger partial charge in [-0.25, -0.2) is 19.2 Å². The number of likely N-dealkylation sites (tertiary alicyclic amines) is 2. The third kappa shape index (κ3) is 10.3. The molecule has 4 heterocycles. The first-order valence-corrected chi connectivity index (χ1v) is 19.9. The van der Waals surface area contributed by atoms with Gasteiger partial charge in [0.15, 0.2) is 0 Å². The van der Waals surface area contributed by atoms with Crippen LogP contribution in [0.4, 0.5) is 9.18 Å². The molecule has 7 atom stereocenters. The zero-order chi connectivity index (χ0) is 42.4. The van der Waals surface area contributed by atoms with Crippen LogP contribution in [0, 0.1) is 67.0 Å². The second-order valence-corrected chi connectivity index (χ2v) is 16.3. The van der Waals surface area contributed by atoms with Gasteiger partial charge in [-0.2, -0.15) is 0 Å². The summed E-state index contributed by atoms with van der Waals surface area (Å²) in [6.07, 6.45) is -0.357. The molecule has 0 spiro atoms. The van der Waals surface area contributed by atoms with Gasteiger partial charge in [0.2, 0.25) is 18.2 Å². The smallest absolute Gasteiger partial charge is 0.407 e. The zero-order valence-electron chi connectivity index (χ0n) is 35.1. The van der Waals surface area contributed by atoms with E-state index in [1.807, 2.05) is 41.5 Å². The third-order valence-corrected chi connectivity index (χ3v) is 10.8. The van der Waals surface area contributed by atoms with Gasteiger partial charge in [-0.15, -0.1) is 0 Å². The van der Waals surface area contributed by atoms with Crippen LogP contribution in [-0.2, 0) is 25.5 Å². The number of methoxy groups -OCH3 is 2. The third-order valence-electron chi connectivity index (χ3n) is 10.8. The molecule has 0 saturated carbocycles. The van der Waals surface area contributed by atoms with E-state index in [9.17, 15) is 19.5 Å². The summed E-state index contributed by atoms with van der Waals surface area (Å²) in [5, 5.41) is 15.6. The Hall–Kier alpha value is -5.22. The molecule has 7 unspecified atom stereocenters. The summed E-state index contributed by atoms with van der Waals surface area (Å²) in [4.78, 5) is 59.0. The molecular weight excluding hydrogens is 744 g/mol. The van der Waals surface area contributed by atoms with Crippen molar-refractivity contribution in [3.8, 4) is 23.7 Å². The van der Waals surface area contributed by atoms with Crippen LogP contribution in [0.15, 0.2) is 18.2 Å². The van der Waals surface area contributed by atoms with Gasteiger partial charge in [0.25, 0.3) is 0 Å². The van der Waals surface area contributed by atoms with Gasteiger partial charge in [0.05, 0.1) is 25.2 Å². The highest BCUT2D eigenvalue weighted by Gasteiger charge is 2.41. The minimum atomic E-state index is -1.27. The molecule has 3 aromatic rings. The maximum atomic E-state index is 15.3. The van der Waals surface area contributed by atoms with Crippen molar-refractivity contribution in [1.29, 1.82) is 0 Å². The Labute approximate surface area is 340 Å². The lowest BCUT2D eigenvalue weighted by molar-refractivity contribution is -0.145. The van der Waals surface area contributed by atoms with Crippen molar-refractivity contribution < 1.29 is 33.4 Å². The Morgan fingerprint density at radius 3 is 1.91 bits per heavy atom. The van der Waals surface area contributed by atoms with Gasteiger partial charge in [0, 0.05) is 43.6 Å². The number of alkyl carbamates (subject to hydrolysis) is 1. The SMILES string of the molecule is COC(=O)NC(C(=O)N1CC(C)CC1c1nc(C#CCc2ccc(C#Cc3nc(C4CC(C)CN4C(=O)C(NC(O)OC)C(C)C)[nH]c3C)cc2F)c(C)[nH]1)C(C)C. The number of halogens is 1. The lowest BCUT2D eigenvalue weighted by Gasteiger charge is -2.31. The monoisotopic (exact) mass is 800 g/mol. The molecule has 2 aliphatic rings. The molecule has 5 N–H and O–H groups in total. The first kappa shape index (κ1) is 43.9. The summed E-state index contributed by atoms with van der Waals surface area (Å²) in [5.74, 6) is 12.9. The van der Waals surface area contributed by atoms with Crippen LogP contribution < -0.4 is 10.6 Å². The molecule has 0 bridgehead atoms. The predicted molar refractivity (Wildman–Crippen MR) is 215 cm³/mol. The van der Waals surface area contributed by atoms with Crippen molar-refractivity contribution >= 4 is 17.9 Å². The summed E-state index contributed by atoms with van der Waals surface area (Å²) in [5.41, 5.74) is 3.40. The van der Waals surface area contributed by atoms with Crippen LogP contribution in [-0.4, -0.2) is 98.6 Å². The van der Waals surface area contributed by atoms with Crippen molar-refractivity contribution in [2.45, 2.75) is 105 Å². The number of hydrogen-bond acceptors (Lipinski definition) is 9. The van der Waals surface area contributed by atoms with Crippen molar-refractivity contribution in [2.24, 2.45) is 23.7 Å². The van der Waals surface area contributed by atoms with E-state index in [2.05, 4.69) is 58.1 Å². The topological polar surface area (TPSA) is 178 Å². The first-order valence-electron chi connectivity index (χ1n) is 19.9. The lowest BCUT2D eigenvalue weighted by atomic mass is 10.0. The molecular formula is C43H57FN8O6. The number of benzene rings is 1. The Bertz CT molecular complexity index is 2090. The van der Waals surface area contributed by atoms with Crippen LogP contribution in [0.3, 0.4) is 0 Å². The van der Waals surface area contributed by atoms with E-state index >= 15 is 4.39 Å². The fraction of sp³-hybridized carbons (Fsp3) is 0.558. The maximum absolute atomic E-state index is 15.3. The van der Waals surface area contributed by atoms with Gasteiger partial charge in [0.1, 0.15) is 34.9 Å². The summed E-state index contributed by atoms with van der Waals surface area (Å²) in [7, 11) is 2.63. The van der Waals surface area contributed by atoms with E-state index in [0.717, 1.165) is 17.8 Å². The number of carbonyl (C=O) groups excluding carboxylic acids is 3. The minimum absolute atomic E-state index is 0.0956. The summed E-state index contributed by atoms with van der Waals surface area (Å²) < 4.78 is 25.0. The van der Waals surface area contributed by atoms with Gasteiger partial charge in [-0.1, -0.05) is 59.4 Å². The first-order chi connectivity index (χ1) is 27.5. The van der Waals surface area contributed by atoms with Crippen molar-refractivity contribution in [2.75, 3.05) is 27.3 Å². The molecule has 2 fully saturated rings. The highest BCUT2D eigenvalue weighted by Crippen LogP contribution is 2.36. The van der Waals surface area contributed by atoms with Crippen molar-refractivity contribution in [3.05, 3.63) is 69.6 Å². The summed E-state index contributed by atoms with van der Waals surface area (Å²) >= 11 is 0. The molecule has 2 aliphatic heterocycles. The van der Waals surface area contributed by atoms with Crippen molar-refractivity contribution in [3.63, 3.8) is 0 Å². The van der Waals surface area contributed by atoms with Crippen LogP contribution >= 0.6 is 0 Å². The average molecular weight is 801 g/mol. The average Bonchev–Trinajstić information content (AvgIpc) is 3.96. The molecule has 15 heteroatoms. The number of nitrogens with one attached hydrogen (secondary N) is 4. The highest BCUT2D eigenvalue weighted by atomic mass is 19.1. The zero-order valence-corrected chi connectivity index (χ0v) is 35.1. The van der Waals surface area contributed by atoms with Crippen LogP contribution in [0.5, 0.6) is 0 Å². The number of H-pyrrole nitrogens is 2. The van der Waals surface area contributed by atoms with E-state index in [1.54, 1.807) is 21.9 Å². The quantitative estimate of drug-likeness (QED) is 0.137. The highest BCUT2D eigenvalue weighted by molar-refractivity contribution is 5.86. The van der Waals surface area contributed by atoms with Crippen LogP contribution in [0.2, 0.25) is 0 Å². The number of carbonyl (C=O) groups is 3. The number of rotatable bonds is 11. The molecule has 14 nitrogen and oxygen atoms in total. The molecule has 1 aromatic carbocycles. The number of ether oxygens (including phenoxy) is 2. The minimum Gasteiger partial charge on any atom is -0.453 e. The number of aliphatic hydroxyl groups is 1. The fourth-order valence-corrected chi connectivity index (χ4v) is 7.57. The number of aromatic nitrogens is 4. The molecule has 5 rings (SSSR count). The van der Waals surface area contributed by atoms with Crippen LogP contribution in [0.25, 0.3) is 0 Å². The van der Waals surface area contributed by atoms with E-state index in [-0.39, 0.29) is 54.0 Å². The normalized spacial score (nSPS) is 20.7. The Balaban J connectivity index is 1.26. The molecule has 3 amide bonds. The van der Waals surface area contributed by atoms with E-state index < -0.39 is 30.4 Å². The number of aliphatic hydroxyl groups excluding tert-OH is 1. The number of aromatic amines is 2. The number of nitrogens with zero attached hydrogens (tertiary/aromatic N) is 4.